The van der Waals surface area contributed by atoms with Gasteiger partial charge in [0.25, 0.3) is 5.91 Å². The zero-order chi connectivity index (χ0) is 19.0. The van der Waals surface area contributed by atoms with Crippen LogP contribution < -0.4 is 0 Å². The minimum Gasteiger partial charge on any atom is -0.481 e. The number of fused-ring (bicyclic) bond motifs is 1. The molecule has 1 aliphatic rings. The lowest BCUT2D eigenvalue weighted by Gasteiger charge is -2.40. The van der Waals surface area contributed by atoms with E-state index in [9.17, 15) is 14.7 Å². The molecule has 1 aromatic heterocycles. The molecule has 2 heterocycles. The van der Waals surface area contributed by atoms with E-state index in [1.165, 1.54) is 0 Å². The highest BCUT2D eigenvalue weighted by Gasteiger charge is 2.45. The van der Waals surface area contributed by atoms with Crippen LogP contribution in [0.15, 0.2) is 72.9 Å². The molecular weight excluding hydrogens is 340 g/mol. The molecule has 0 unspecified atom stereocenters. The van der Waals surface area contributed by atoms with E-state index in [0.717, 1.165) is 11.3 Å². The molecule has 5 nitrogen and oxygen atoms in total. The number of hydrogen-bond donors (Lipinski definition) is 1. The Kier molecular flexibility index (Phi) is 4.28. The van der Waals surface area contributed by atoms with E-state index in [2.05, 4.69) is 0 Å². The Balaban J connectivity index is 1.90. The average Bonchev–Trinajstić information content (AvgIpc) is 3.10. The summed E-state index contributed by atoms with van der Waals surface area (Å²) in [7, 11) is 1.87. The Morgan fingerprint density at radius 3 is 2.37 bits per heavy atom. The van der Waals surface area contributed by atoms with Crippen molar-refractivity contribution in [2.24, 2.45) is 7.05 Å². The van der Waals surface area contributed by atoms with E-state index in [1.54, 1.807) is 29.2 Å². The van der Waals surface area contributed by atoms with E-state index in [0.29, 0.717) is 17.7 Å². The maximum Gasteiger partial charge on any atom is 0.313 e. The molecule has 5 heteroatoms. The minimum absolute atomic E-state index is 0.141. The van der Waals surface area contributed by atoms with Crippen LogP contribution in [0.25, 0.3) is 0 Å². The van der Waals surface area contributed by atoms with Gasteiger partial charge in [0.1, 0.15) is 5.92 Å². The Labute approximate surface area is 157 Å². The molecular formula is C22H20N2O3. The van der Waals surface area contributed by atoms with Gasteiger partial charge in [-0.2, -0.15) is 0 Å². The minimum atomic E-state index is -0.931. The standard InChI is InChI=1S/C22H20N2O3/c1-23-13-7-12-18(23)20-19(22(26)27)16-10-5-6-11-17(16)21(25)24(20)14-15-8-3-2-4-9-15/h2-13,19-20H,14H2,1H3,(H,26,27)/t19-,20+/m1/s1. The Bertz CT molecular complexity index is 994. The summed E-state index contributed by atoms with van der Waals surface area (Å²) in [4.78, 5) is 27.3. The number of rotatable bonds is 4. The highest BCUT2D eigenvalue weighted by atomic mass is 16.4. The topological polar surface area (TPSA) is 62.5 Å². The fourth-order valence-electron chi connectivity index (χ4n) is 3.92. The second-order valence-corrected chi connectivity index (χ2v) is 6.81. The van der Waals surface area contributed by atoms with Crippen LogP contribution in [0.4, 0.5) is 0 Å². The molecule has 0 bridgehead atoms. The van der Waals surface area contributed by atoms with Gasteiger partial charge in [-0.1, -0.05) is 48.5 Å². The van der Waals surface area contributed by atoms with Gasteiger partial charge in [-0.05, 0) is 29.3 Å². The number of benzene rings is 2. The average molecular weight is 360 g/mol. The van der Waals surface area contributed by atoms with Gasteiger partial charge >= 0.3 is 5.97 Å². The predicted molar refractivity (Wildman–Crippen MR) is 101 cm³/mol. The summed E-state index contributed by atoms with van der Waals surface area (Å²) >= 11 is 0. The lowest BCUT2D eigenvalue weighted by molar-refractivity contribution is -0.140. The first-order valence-electron chi connectivity index (χ1n) is 8.86. The zero-order valence-electron chi connectivity index (χ0n) is 14.9. The molecule has 27 heavy (non-hydrogen) atoms. The van der Waals surface area contributed by atoms with Crippen molar-refractivity contribution >= 4 is 11.9 Å². The number of carboxylic acids is 1. The molecule has 3 aromatic rings. The van der Waals surface area contributed by atoms with Crippen LogP contribution in [-0.2, 0) is 18.4 Å². The fraction of sp³-hybridized carbons (Fsp3) is 0.182. The second-order valence-electron chi connectivity index (χ2n) is 6.81. The number of amides is 1. The number of carbonyl (C=O) groups excluding carboxylic acids is 1. The van der Waals surface area contributed by atoms with Crippen molar-refractivity contribution in [1.29, 1.82) is 0 Å². The Morgan fingerprint density at radius 1 is 1.00 bits per heavy atom. The van der Waals surface area contributed by atoms with Gasteiger partial charge in [-0.25, -0.2) is 0 Å². The van der Waals surface area contributed by atoms with Gasteiger partial charge in [0.15, 0.2) is 0 Å². The van der Waals surface area contributed by atoms with Crippen molar-refractivity contribution in [1.82, 2.24) is 9.47 Å². The van der Waals surface area contributed by atoms with Crippen molar-refractivity contribution in [2.45, 2.75) is 18.5 Å². The number of hydrogen-bond acceptors (Lipinski definition) is 2. The monoisotopic (exact) mass is 360 g/mol. The summed E-state index contributed by atoms with van der Waals surface area (Å²) in [5, 5.41) is 10.1. The molecule has 0 aliphatic carbocycles. The van der Waals surface area contributed by atoms with Crippen LogP contribution in [0.1, 0.15) is 39.1 Å². The molecule has 0 fully saturated rings. The normalized spacial score (nSPS) is 19.0. The number of carbonyl (C=O) groups is 2. The van der Waals surface area contributed by atoms with Gasteiger partial charge in [0, 0.05) is 31.0 Å². The maximum absolute atomic E-state index is 13.3. The van der Waals surface area contributed by atoms with Crippen molar-refractivity contribution in [3.05, 3.63) is 95.3 Å². The predicted octanol–water partition coefficient (Wildman–Crippen LogP) is 3.59. The van der Waals surface area contributed by atoms with Gasteiger partial charge < -0.3 is 14.6 Å². The lowest BCUT2D eigenvalue weighted by atomic mass is 9.81. The summed E-state index contributed by atoms with van der Waals surface area (Å²) < 4.78 is 1.89. The number of nitrogens with zero attached hydrogens (tertiary/aromatic N) is 2. The largest absolute Gasteiger partial charge is 0.481 e. The molecule has 1 N–H and O–H groups in total. The summed E-state index contributed by atoms with van der Waals surface area (Å²) in [6, 6.07) is 19.9. The van der Waals surface area contributed by atoms with Crippen LogP contribution in [0.5, 0.6) is 0 Å². The third kappa shape index (κ3) is 2.91. The SMILES string of the molecule is Cn1cccc1[C@H]1[C@H](C(=O)O)c2ccccc2C(=O)N1Cc1ccccc1. The summed E-state index contributed by atoms with van der Waals surface area (Å²) in [5.41, 5.74) is 2.81. The summed E-state index contributed by atoms with van der Waals surface area (Å²) in [6.07, 6.45) is 1.87. The molecule has 0 spiro atoms. The summed E-state index contributed by atoms with van der Waals surface area (Å²) in [6.45, 7) is 0.355. The molecule has 4 rings (SSSR count). The highest BCUT2D eigenvalue weighted by Crippen LogP contribution is 2.43. The van der Waals surface area contributed by atoms with Gasteiger partial charge in [0.05, 0.1) is 6.04 Å². The van der Waals surface area contributed by atoms with E-state index < -0.39 is 17.9 Å². The summed E-state index contributed by atoms with van der Waals surface area (Å²) in [5.74, 6) is -1.89. The van der Waals surface area contributed by atoms with Crippen molar-refractivity contribution in [3.63, 3.8) is 0 Å². The number of aliphatic carboxylic acids is 1. The molecule has 1 amide bonds. The lowest BCUT2D eigenvalue weighted by Crippen LogP contribution is -2.45. The van der Waals surface area contributed by atoms with Crippen molar-refractivity contribution in [3.8, 4) is 0 Å². The molecule has 0 saturated carbocycles. The second kappa shape index (κ2) is 6.76. The van der Waals surface area contributed by atoms with E-state index in [-0.39, 0.29) is 5.91 Å². The van der Waals surface area contributed by atoms with E-state index >= 15 is 0 Å². The zero-order valence-corrected chi connectivity index (χ0v) is 14.9. The number of aryl methyl sites for hydroxylation is 1. The van der Waals surface area contributed by atoms with E-state index in [1.807, 2.05) is 60.3 Å². The van der Waals surface area contributed by atoms with E-state index in [4.69, 9.17) is 0 Å². The van der Waals surface area contributed by atoms with Gasteiger partial charge in [-0.15, -0.1) is 0 Å². The highest BCUT2D eigenvalue weighted by molar-refractivity contribution is 6.00. The molecule has 1 aliphatic heterocycles. The first kappa shape index (κ1) is 17.1. The first-order valence-corrected chi connectivity index (χ1v) is 8.86. The third-order valence-electron chi connectivity index (χ3n) is 5.19. The third-order valence-corrected chi connectivity index (χ3v) is 5.19. The Morgan fingerprint density at radius 2 is 1.70 bits per heavy atom. The first-order chi connectivity index (χ1) is 13.1. The molecule has 2 atom stereocenters. The maximum atomic E-state index is 13.3. The van der Waals surface area contributed by atoms with Gasteiger partial charge in [-0.3, -0.25) is 9.59 Å². The van der Waals surface area contributed by atoms with Crippen LogP contribution in [0.3, 0.4) is 0 Å². The van der Waals surface area contributed by atoms with Crippen molar-refractivity contribution in [2.75, 3.05) is 0 Å². The van der Waals surface area contributed by atoms with Crippen LogP contribution in [-0.4, -0.2) is 26.5 Å². The van der Waals surface area contributed by atoms with Crippen LogP contribution in [0.2, 0.25) is 0 Å². The molecule has 0 saturated heterocycles. The van der Waals surface area contributed by atoms with Crippen LogP contribution in [0, 0.1) is 0 Å². The number of carboxylic acid groups (broad SMARTS) is 1. The molecule has 136 valence electrons. The molecule has 2 aromatic carbocycles. The van der Waals surface area contributed by atoms with Crippen LogP contribution >= 0.6 is 0 Å². The smallest absolute Gasteiger partial charge is 0.313 e. The fourth-order valence-corrected chi connectivity index (χ4v) is 3.92. The molecule has 0 radical (unpaired) electrons. The quantitative estimate of drug-likeness (QED) is 0.773. The van der Waals surface area contributed by atoms with Gasteiger partial charge in [0.2, 0.25) is 0 Å². The number of aromatic nitrogens is 1. The van der Waals surface area contributed by atoms with Crippen molar-refractivity contribution < 1.29 is 14.7 Å². The Hall–Kier alpha value is -3.34.